The Morgan fingerprint density at radius 1 is 1.48 bits per heavy atom. The first-order valence-corrected chi connectivity index (χ1v) is 7.40. The molecule has 3 N–H and O–H groups in total. The molecule has 1 aromatic rings. The van der Waals surface area contributed by atoms with Gasteiger partial charge < -0.3 is 15.8 Å². The van der Waals surface area contributed by atoms with Gasteiger partial charge in [0, 0.05) is 26.1 Å². The second kappa shape index (κ2) is 6.45. The molecule has 116 valence electrons. The fraction of sp³-hybridized carbons (Fsp3) is 0.562. The number of rotatable bonds is 4. The van der Waals surface area contributed by atoms with Gasteiger partial charge in [-0.1, -0.05) is 12.1 Å². The zero-order valence-electron chi connectivity index (χ0n) is 13.1. The van der Waals surface area contributed by atoms with E-state index in [-0.39, 0.29) is 17.6 Å². The Bertz CT molecular complexity index is 502. The van der Waals surface area contributed by atoms with Crippen LogP contribution in [0.3, 0.4) is 0 Å². The predicted octanol–water partition coefficient (Wildman–Crippen LogP) is 2.10. The van der Waals surface area contributed by atoms with Gasteiger partial charge in [-0.15, -0.1) is 0 Å². The highest BCUT2D eigenvalue weighted by atomic mass is 16.5. The van der Waals surface area contributed by atoms with E-state index in [0.717, 1.165) is 19.6 Å². The fourth-order valence-corrected chi connectivity index (χ4v) is 2.84. The monoisotopic (exact) mass is 291 g/mol. The van der Waals surface area contributed by atoms with Gasteiger partial charge in [-0.3, -0.25) is 9.69 Å². The van der Waals surface area contributed by atoms with Crippen LogP contribution in [0.25, 0.3) is 0 Å². The maximum Gasteiger partial charge on any atom is 0.225 e. The minimum absolute atomic E-state index is 0.00940. The molecule has 1 amide bonds. The van der Waals surface area contributed by atoms with Crippen LogP contribution in [0.15, 0.2) is 24.3 Å². The largest absolute Gasteiger partial charge is 0.397 e. The molecule has 1 atom stereocenters. The Kier molecular flexibility index (Phi) is 4.85. The number of hydrogen-bond acceptors (Lipinski definition) is 4. The minimum atomic E-state index is -0.155. The van der Waals surface area contributed by atoms with Crippen LogP contribution in [0.1, 0.15) is 27.2 Å². The lowest BCUT2D eigenvalue weighted by molar-refractivity contribution is -0.132. The van der Waals surface area contributed by atoms with Crippen LogP contribution in [0.5, 0.6) is 0 Å². The van der Waals surface area contributed by atoms with E-state index in [2.05, 4.69) is 31.0 Å². The van der Waals surface area contributed by atoms with Crippen molar-refractivity contribution in [3.63, 3.8) is 0 Å². The number of nitrogens with two attached hydrogens (primary N) is 1. The number of ether oxygens (including phenoxy) is 1. The molecule has 1 heterocycles. The molecule has 1 aliphatic rings. The van der Waals surface area contributed by atoms with E-state index in [1.807, 2.05) is 18.2 Å². The molecule has 21 heavy (non-hydrogen) atoms. The SMILES string of the molecule is CC1CN(CCC(=O)Nc2ccccc2N)CC(C)(C)O1. The van der Waals surface area contributed by atoms with Gasteiger partial charge in [0.05, 0.1) is 23.1 Å². The van der Waals surface area contributed by atoms with Crippen LogP contribution in [0.4, 0.5) is 11.4 Å². The topological polar surface area (TPSA) is 67.6 Å². The van der Waals surface area contributed by atoms with Crippen LogP contribution >= 0.6 is 0 Å². The van der Waals surface area contributed by atoms with E-state index in [1.54, 1.807) is 6.07 Å². The van der Waals surface area contributed by atoms with Gasteiger partial charge in [0.1, 0.15) is 0 Å². The summed E-state index contributed by atoms with van der Waals surface area (Å²) in [6.07, 6.45) is 0.651. The van der Waals surface area contributed by atoms with Gasteiger partial charge in [0.2, 0.25) is 5.91 Å². The first-order valence-electron chi connectivity index (χ1n) is 7.40. The van der Waals surface area contributed by atoms with E-state index in [9.17, 15) is 4.79 Å². The number of morpholine rings is 1. The third kappa shape index (κ3) is 4.72. The predicted molar refractivity (Wildman–Crippen MR) is 85.2 cm³/mol. The van der Waals surface area contributed by atoms with E-state index < -0.39 is 0 Å². The maximum atomic E-state index is 12.0. The second-order valence-corrected chi connectivity index (χ2v) is 6.31. The highest BCUT2D eigenvalue weighted by Crippen LogP contribution is 2.21. The van der Waals surface area contributed by atoms with Gasteiger partial charge >= 0.3 is 0 Å². The summed E-state index contributed by atoms with van der Waals surface area (Å²) in [6.45, 7) is 8.68. The Hall–Kier alpha value is -1.59. The molecule has 0 spiro atoms. The van der Waals surface area contributed by atoms with Gasteiger partial charge in [-0.05, 0) is 32.9 Å². The summed E-state index contributed by atoms with van der Waals surface area (Å²) in [6, 6.07) is 7.30. The molecule has 0 aliphatic carbocycles. The number of nitrogens with one attached hydrogen (secondary N) is 1. The van der Waals surface area contributed by atoms with Crippen molar-refractivity contribution in [1.29, 1.82) is 0 Å². The van der Waals surface area contributed by atoms with Crippen LogP contribution in [0.2, 0.25) is 0 Å². The quantitative estimate of drug-likeness (QED) is 0.834. The Morgan fingerprint density at radius 2 is 2.19 bits per heavy atom. The van der Waals surface area contributed by atoms with Crippen molar-refractivity contribution < 1.29 is 9.53 Å². The normalized spacial score (nSPS) is 22.0. The summed E-state index contributed by atoms with van der Waals surface area (Å²) in [5.41, 5.74) is 6.93. The molecule has 1 fully saturated rings. The molecule has 5 heteroatoms. The number of hydrogen-bond donors (Lipinski definition) is 2. The van der Waals surface area contributed by atoms with Gasteiger partial charge in [-0.2, -0.15) is 0 Å². The molecule has 0 saturated carbocycles. The number of benzene rings is 1. The van der Waals surface area contributed by atoms with Crippen molar-refractivity contribution in [2.24, 2.45) is 0 Å². The second-order valence-electron chi connectivity index (χ2n) is 6.31. The molecule has 1 unspecified atom stereocenters. The zero-order chi connectivity index (χ0) is 15.5. The molecule has 1 saturated heterocycles. The van der Waals surface area contributed by atoms with E-state index in [0.29, 0.717) is 17.8 Å². The number of anilines is 2. The minimum Gasteiger partial charge on any atom is -0.397 e. The number of amides is 1. The van der Waals surface area contributed by atoms with Crippen molar-refractivity contribution in [3.05, 3.63) is 24.3 Å². The number of nitrogen functional groups attached to an aromatic ring is 1. The number of para-hydroxylation sites is 2. The van der Waals surface area contributed by atoms with Gasteiger partial charge in [-0.25, -0.2) is 0 Å². The van der Waals surface area contributed by atoms with Crippen LogP contribution in [-0.2, 0) is 9.53 Å². The number of nitrogens with zero attached hydrogens (tertiary/aromatic N) is 1. The van der Waals surface area contributed by atoms with Crippen molar-refractivity contribution in [2.45, 2.75) is 38.9 Å². The molecule has 0 radical (unpaired) electrons. The lowest BCUT2D eigenvalue weighted by atomic mass is 10.1. The molecule has 2 rings (SSSR count). The third-order valence-electron chi connectivity index (χ3n) is 3.53. The lowest BCUT2D eigenvalue weighted by Crippen LogP contribution is -2.52. The van der Waals surface area contributed by atoms with Crippen molar-refractivity contribution >= 4 is 17.3 Å². The fourth-order valence-electron chi connectivity index (χ4n) is 2.84. The Morgan fingerprint density at radius 3 is 2.86 bits per heavy atom. The third-order valence-corrected chi connectivity index (χ3v) is 3.53. The maximum absolute atomic E-state index is 12.0. The van der Waals surface area contributed by atoms with Gasteiger partial charge in [0.15, 0.2) is 0 Å². The summed E-state index contributed by atoms with van der Waals surface area (Å²) >= 11 is 0. The average molecular weight is 291 g/mol. The van der Waals surface area contributed by atoms with E-state index in [1.165, 1.54) is 0 Å². The molecular weight excluding hydrogens is 266 g/mol. The summed E-state index contributed by atoms with van der Waals surface area (Å²) in [5, 5.41) is 2.86. The first kappa shape index (κ1) is 15.8. The molecule has 5 nitrogen and oxygen atoms in total. The average Bonchev–Trinajstić information content (AvgIpc) is 2.37. The van der Waals surface area contributed by atoms with Crippen LogP contribution in [0, 0.1) is 0 Å². The lowest BCUT2D eigenvalue weighted by Gasteiger charge is -2.41. The standard InChI is InChI=1S/C16H25N3O2/c1-12-10-19(11-16(2,3)21-12)9-8-15(20)18-14-7-5-4-6-13(14)17/h4-7,12H,8-11,17H2,1-3H3,(H,18,20). The number of carbonyl (C=O) groups excluding carboxylic acids is 1. The first-order chi connectivity index (χ1) is 9.85. The smallest absolute Gasteiger partial charge is 0.225 e. The molecule has 1 aliphatic heterocycles. The molecule has 1 aromatic carbocycles. The van der Waals surface area contributed by atoms with Gasteiger partial charge in [0.25, 0.3) is 0 Å². The highest BCUT2D eigenvalue weighted by molar-refractivity contribution is 5.93. The van der Waals surface area contributed by atoms with E-state index in [4.69, 9.17) is 10.5 Å². The summed E-state index contributed by atoms with van der Waals surface area (Å²) < 4.78 is 5.86. The zero-order valence-corrected chi connectivity index (χ0v) is 13.1. The van der Waals surface area contributed by atoms with Crippen LogP contribution < -0.4 is 11.1 Å². The molecular formula is C16H25N3O2. The van der Waals surface area contributed by atoms with Crippen molar-refractivity contribution in [1.82, 2.24) is 4.90 Å². The number of carbonyl (C=O) groups is 1. The Balaban J connectivity index is 1.83. The van der Waals surface area contributed by atoms with Crippen molar-refractivity contribution in [3.8, 4) is 0 Å². The summed E-state index contributed by atoms with van der Waals surface area (Å²) in [7, 11) is 0. The van der Waals surface area contributed by atoms with E-state index >= 15 is 0 Å². The molecule has 0 bridgehead atoms. The molecule has 0 aromatic heterocycles. The van der Waals surface area contributed by atoms with Crippen molar-refractivity contribution in [2.75, 3.05) is 30.7 Å². The highest BCUT2D eigenvalue weighted by Gasteiger charge is 2.31. The Labute approximate surface area is 126 Å². The summed E-state index contributed by atoms with van der Waals surface area (Å²) in [5.74, 6) is -0.00940. The van der Waals surface area contributed by atoms with Crippen LogP contribution in [-0.4, -0.2) is 42.1 Å². The summed E-state index contributed by atoms with van der Waals surface area (Å²) in [4.78, 5) is 14.3.